The molecular weight excluding hydrogens is 328 g/mol. The van der Waals surface area contributed by atoms with Crippen molar-refractivity contribution in [3.8, 4) is 5.75 Å². The van der Waals surface area contributed by atoms with Crippen LogP contribution in [0.25, 0.3) is 0 Å². The van der Waals surface area contributed by atoms with Gasteiger partial charge in [0.05, 0.1) is 6.54 Å². The fourth-order valence-electron chi connectivity index (χ4n) is 2.13. The molecule has 0 saturated carbocycles. The van der Waals surface area contributed by atoms with Crippen LogP contribution < -0.4 is 15.4 Å². The molecule has 2 N–H and O–H groups in total. The van der Waals surface area contributed by atoms with E-state index in [1.54, 1.807) is 24.3 Å². The van der Waals surface area contributed by atoms with E-state index in [2.05, 4.69) is 10.6 Å². The summed E-state index contributed by atoms with van der Waals surface area (Å²) in [7, 11) is 0. The van der Waals surface area contributed by atoms with Crippen LogP contribution in [-0.2, 0) is 4.79 Å². The Labute approximate surface area is 154 Å². The Morgan fingerprint density at radius 2 is 1.73 bits per heavy atom. The van der Waals surface area contributed by atoms with Gasteiger partial charge in [0.25, 0.3) is 5.91 Å². The molecule has 26 heavy (non-hydrogen) atoms. The second kappa shape index (κ2) is 8.52. The van der Waals surface area contributed by atoms with Crippen molar-refractivity contribution in [1.82, 2.24) is 5.32 Å². The van der Waals surface area contributed by atoms with Gasteiger partial charge < -0.3 is 15.4 Å². The number of ether oxygens (including phenoxy) is 1. The number of hydrogen-bond donors (Lipinski definition) is 2. The Bertz CT molecular complexity index is 762. The van der Waals surface area contributed by atoms with Gasteiger partial charge in [0, 0.05) is 16.7 Å². The van der Waals surface area contributed by atoms with Crippen LogP contribution >= 0.6 is 0 Å². The van der Waals surface area contributed by atoms with Gasteiger partial charge in [-0.1, -0.05) is 44.5 Å². The van der Waals surface area contributed by atoms with E-state index in [1.165, 1.54) is 5.56 Å². The quantitative estimate of drug-likeness (QED) is 0.776. The normalized spacial score (nSPS) is 10.9. The van der Waals surface area contributed by atoms with Crippen LogP contribution in [0.4, 0.5) is 5.69 Å². The first-order valence-electron chi connectivity index (χ1n) is 8.65. The zero-order chi connectivity index (χ0) is 19.2. The van der Waals surface area contributed by atoms with Crippen molar-refractivity contribution in [3.05, 3.63) is 59.7 Å². The van der Waals surface area contributed by atoms with Gasteiger partial charge in [0.15, 0.2) is 0 Å². The maximum atomic E-state index is 12.3. The number of hydrogen-bond acceptors (Lipinski definition) is 3. The van der Waals surface area contributed by atoms with Crippen molar-refractivity contribution in [1.29, 1.82) is 0 Å². The molecule has 138 valence electrons. The number of aryl methyl sites for hydroxylation is 1. The molecule has 2 rings (SSSR count). The zero-order valence-corrected chi connectivity index (χ0v) is 15.8. The van der Waals surface area contributed by atoms with E-state index in [0.717, 1.165) is 5.75 Å². The molecule has 0 spiro atoms. The van der Waals surface area contributed by atoms with E-state index in [-0.39, 0.29) is 11.8 Å². The van der Waals surface area contributed by atoms with Gasteiger partial charge in [-0.2, -0.15) is 0 Å². The van der Waals surface area contributed by atoms with Crippen LogP contribution in [0.15, 0.2) is 48.5 Å². The monoisotopic (exact) mass is 354 g/mol. The number of benzene rings is 2. The molecule has 5 nitrogen and oxygen atoms in total. The highest BCUT2D eigenvalue weighted by Gasteiger charge is 2.21. The molecular formula is C21H26N2O3. The minimum absolute atomic E-state index is 0.0958. The van der Waals surface area contributed by atoms with E-state index < -0.39 is 5.41 Å². The topological polar surface area (TPSA) is 67.4 Å². The van der Waals surface area contributed by atoms with E-state index in [0.29, 0.717) is 24.4 Å². The van der Waals surface area contributed by atoms with Crippen LogP contribution in [0.5, 0.6) is 5.75 Å². The Morgan fingerprint density at radius 3 is 2.38 bits per heavy atom. The number of nitrogens with one attached hydrogen (secondary N) is 2. The second-order valence-electron chi connectivity index (χ2n) is 7.20. The number of rotatable bonds is 6. The molecule has 0 bridgehead atoms. The molecule has 0 saturated heterocycles. The van der Waals surface area contributed by atoms with Crippen molar-refractivity contribution < 1.29 is 14.3 Å². The third-order valence-electron chi connectivity index (χ3n) is 3.74. The molecule has 0 heterocycles. The molecule has 0 unspecified atom stereocenters. The van der Waals surface area contributed by atoms with E-state index in [4.69, 9.17) is 4.74 Å². The lowest BCUT2D eigenvalue weighted by atomic mass is 9.95. The summed E-state index contributed by atoms with van der Waals surface area (Å²) in [6, 6.07) is 14.6. The largest absolute Gasteiger partial charge is 0.492 e. The highest BCUT2D eigenvalue weighted by molar-refractivity contribution is 5.98. The number of carbonyl (C=O) groups excluding carboxylic acids is 2. The lowest BCUT2D eigenvalue weighted by Crippen LogP contribution is -2.29. The minimum atomic E-state index is -0.494. The van der Waals surface area contributed by atoms with Gasteiger partial charge in [-0.15, -0.1) is 0 Å². The fraction of sp³-hybridized carbons (Fsp3) is 0.333. The van der Waals surface area contributed by atoms with E-state index in [1.807, 2.05) is 52.0 Å². The molecule has 2 amide bonds. The lowest BCUT2D eigenvalue weighted by Gasteiger charge is -2.18. The van der Waals surface area contributed by atoms with Crippen molar-refractivity contribution in [3.63, 3.8) is 0 Å². The number of amides is 2. The molecule has 0 aromatic heterocycles. The summed E-state index contributed by atoms with van der Waals surface area (Å²) in [6.45, 7) is 8.31. The van der Waals surface area contributed by atoms with Gasteiger partial charge in [-0.3, -0.25) is 9.59 Å². The highest BCUT2D eigenvalue weighted by atomic mass is 16.5. The summed E-state index contributed by atoms with van der Waals surface area (Å²) in [5, 5.41) is 5.64. The first kappa shape index (κ1) is 19.5. The van der Waals surface area contributed by atoms with Crippen molar-refractivity contribution in [2.24, 2.45) is 5.41 Å². The third-order valence-corrected chi connectivity index (χ3v) is 3.74. The summed E-state index contributed by atoms with van der Waals surface area (Å²) in [5.74, 6) is 0.475. The summed E-state index contributed by atoms with van der Waals surface area (Å²) in [4.78, 5) is 24.3. The molecule has 2 aromatic rings. The van der Waals surface area contributed by atoms with Crippen molar-refractivity contribution in [2.75, 3.05) is 18.5 Å². The average Bonchev–Trinajstić information content (AvgIpc) is 2.59. The molecule has 0 aliphatic heterocycles. The maximum Gasteiger partial charge on any atom is 0.251 e. The molecule has 0 atom stereocenters. The molecule has 2 aromatic carbocycles. The average molecular weight is 354 g/mol. The van der Waals surface area contributed by atoms with Crippen LogP contribution in [0.2, 0.25) is 0 Å². The van der Waals surface area contributed by atoms with E-state index in [9.17, 15) is 9.59 Å². The molecule has 0 aliphatic carbocycles. The van der Waals surface area contributed by atoms with Gasteiger partial charge in [-0.25, -0.2) is 0 Å². The Hall–Kier alpha value is -2.82. The first-order valence-corrected chi connectivity index (χ1v) is 8.65. The highest BCUT2D eigenvalue weighted by Crippen LogP contribution is 2.18. The van der Waals surface area contributed by atoms with Crippen LogP contribution in [0.3, 0.4) is 0 Å². The molecule has 0 radical (unpaired) electrons. The van der Waals surface area contributed by atoms with Crippen LogP contribution in [0.1, 0.15) is 36.7 Å². The lowest BCUT2D eigenvalue weighted by molar-refractivity contribution is -0.123. The smallest absolute Gasteiger partial charge is 0.251 e. The molecule has 0 fully saturated rings. The fourth-order valence-corrected chi connectivity index (χ4v) is 2.13. The van der Waals surface area contributed by atoms with Gasteiger partial charge >= 0.3 is 0 Å². The van der Waals surface area contributed by atoms with Gasteiger partial charge in [0.2, 0.25) is 5.91 Å². The van der Waals surface area contributed by atoms with Gasteiger partial charge in [-0.05, 0) is 37.3 Å². The predicted octanol–water partition coefficient (Wildman–Crippen LogP) is 3.79. The zero-order valence-electron chi connectivity index (χ0n) is 15.8. The SMILES string of the molecule is Cc1ccc(OCCNC(=O)c2cccc(NC(=O)C(C)(C)C)c2)cc1. The summed E-state index contributed by atoms with van der Waals surface area (Å²) >= 11 is 0. The minimum Gasteiger partial charge on any atom is -0.492 e. The van der Waals surface area contributed by atoms with Crippen molar-refractivity contribution in [2.45, 2.75) is 27.7 Å². The number of carbonyl (C=O) groups is 2. The summed E-state index contributed by atoms with van der Waals surface area (Å²) in [5.41, 5.74) is 1.77. The maximum absolute atomic E-state index is 12.3. The summed E-state index contributed by atoms with van der Waals surface area (Å²) < 4.78 is 5.59. The first-order chi connectivity index (χ1) is 12.3. The van der Waals surface area contributed by atoms with Crippen molar-refractivity contribution >= 4 is 17.5 Å². The van der Waals surface area contributed by atoms with Crippen LogP contribution in [-0.4, -0.2) is 25.0 Å². The standard InChI is InChI=1S/C21H26N2O3/c1-15-8-10-18(11-9-15)26-13-12-22-19(24)16-6-5-7-17(14-16)23-20(25)21(2,3)4/h5-11,14H,12-13H2,1-4H3,(H,22,24)(H,23,25). The Morgan fingerprint density at radius 1 is 1.04 bits per heavy atom. The predicted molar refractivity (Wildman–Crippen MR) is 104 cm³/mol. The second-order valence-corrected chi connectivity index (χ2v) is 7.20. The Balaban J connectivity index is 1.84. The molecule has 0 aliphatic rings. The van der Waals surface area contributed by atoms with Gasteiger partial charge in [0.1, 0.15) is 12.4 Å². The third kappa shape index (κ3) is 5.92. The Kier molecular flexibility index (Phi) is 6.39. The summed E-state index contributed by atoms with van der Waals surface area (Å²) in [6.07, 6.45) is 0. The number of anilines is 1. The molecule has 5 heteroatoms. The van der Waals surface area contributed by atoms with Crippen LogP contribution in [0, 0.1) is 12.3 Å². The van der Waals surface area contributed by atoms with E-state index >= 15 is 0 Å².